The Labute approximate surface area is 108 Å². The standard InChI is InChI=1S/C12H23N3O3/c1-13-8-5-9-15(2)11(18)14-12(10(16)17)6-3-4-7-12/h13H,3-9H2,1-2H3,(H,14,18)(H,16,17). The monoisotopic (exact) mass is 257 g/mol. The van der Waals surface area contributed by atoms with Crippen LogP contribution in [0.3, 0.4) is 0 Å². The molecule has 0 radical (unpaired) electrons. The molecule has 0 aromatic carbocycles. The van der Waals surface area contributed by atoms with Crippen LogP contribution in [0.5, 0.6) is 0 Å². The summed E-state index contributed by atoms with van der Waals surface area (Å²) in [6.07, 6.45) is 3.61. The largest absolute Gasteiger partial charge is 0.480 e. The number of nitrogens with zero attached hydrogens (tertiary/aromatic N) is 1. The third kappa shape index (κ3) is 3.60. The SMILES string of the molecule is CNCCCN(C)C(=O)NC1(C(=O)O)CCCC1. The lowest BCUT2D eigenvalue weighted by molar-refractivity contribution is -0.144. The molecule has 0 aromatic heterocycles. The van der Waals surface area contributed by atoms with Crippen LogP contribution in [0, 0.1) is 0 Å². The first kappa shape index (κ1) is 14.8. The van der Waals surface area contributed by atoms with Gasteiger partial charge in [0.05, 0.1) is 0 Å². The Morgan fingerprint density at radius 1 is 1.33 bits per heavy atom. The second-order valence-corrected chi connectivity index (χ2v) is 4.90. The Bertz CT molecular complexity index is 301. The van der Waals surface area contributed by atoms with Crippen molar-refractivity contribution in [2.45, 2.75) is 37.6 Å². The Morgan fingerprint density at radius 3 is 2.44 bits per heavy atom. The molecule has 104 valence electrons. The van der Waals surface area contributed by atoms with Crippen LogP contribution in [0.1, 0.15) is 32.1 Å². The van der Waals surface area contributed by atoms with Crippen molar-refractivity contribution in [2.75, 3.05) is 27.2 Å². The van der Waals surface area contributed by atoms with Crippen molar-refractivity contribution < 1.29 is 14.7 Å². The maximum atomic E-state index is 11.9. The van der Waals surface area contributed by atoms with Crippen LogP contribution in [0.15, 0.2) is 0 Å². The molecule has 1 saturated carbocycles. The van der Waals surface area contributed by atoms with E-state index >= 15 is 0 Å². The molecule has 2 amide bonds. The third-order valence-electron chi connectivity index (χ3n) is 3.48. The van der Waals surface area contributed by atoms with Gasteiger partial charge in [-0.25, -0.2) is 9.59 Å². The van der Waals surface area contributed by atoms with Gasteiger partial charge in [-0.05, 0) is 32.9 Å². The summed E-state index contributed by atoms with van der Waals surface area (Å²) in [5, 5.41) is 15.0. The van der Waals surface area contributed by atoms with Gasteiger partial charge in [0.1, 0.15) is 5.54 Å². The number of carboxylic acids is 1. The van der Waals surface area contributed by atoms with Gasteiger partial charge >= 0.3 is 12.0 Å². The number of hydrogen-bond acceptors (Lipinski definition) is 3. The summed E-state index contributed by atoms with van der Waals surface area (Å²) in [5.74, 6) is -0.919. The van der Waals surface area contributed by atoms with Crippen molar-refractivity contribution in [3.8, 4) is 0 Å². The molecule has 0 atom stereocenters. The highest BCUT2D eigenvalue weighted by Gasteiger charge is 2.43. The predicted molar refractivity (Wildman–Crippen MR) is 68.5 cm³/mol. The fourth-order valence-electron chi connectivity index (χ4n) is 2.27. The Morgan fingerprint density at radius 2 is 1.94 bits per heavy atom. The van der Waals surface area contributed by atoms with Crippen LogP contribution in [-0.4, -0.2) is 54.7 Å². The van der Waals surface area contributed by atoms with E-state index in [9.17, 15) is 14.7 Å². The summed E-state index contributed by atoms with van der Waals surface area (Å²) in [5.41, 5.74) is -1.05. The zero-order valence-corrected chi connectivity index (χ0v) is 11.2. The molecular formula is C12H23N3O3. The van der Waals surface area contributed by atoms with Crippen molar-refractivity contribution in [3.05, 3.63) is 0 Å². The normalized spacial score (nSPS) is 17.4. The smallest absolute Gasteiger partial charge is 0.329 e. The molecule has 0 unspecified atom stereocenters. The van der Waals surface area contributed by atoms with E-state index < -0.39 is 11.5 Å². The average molecular weight is 257 g/mol. The minimum atomic E-state index is -1.05. The van der Waals surface area contributed by atoms with Crippen LogP contribution < -0.4 is 10.6 Å². The zero-order valence-electron chi connectivity index (χ0n) is 11.2. The van der Waals surface area contributed by atoms with Crippen LogP contribution in [-0.2, 0) is 4.79 Å². The Kier molecular flexibility index (Phi) is 5.40. The van der Waals surface area contributed by atoms with E-state index in [1.807, 2.05) is 7.05 Å². The molecule has 3 N–H and O–H groups in total. The van der Waals surface area contributed by atoms with E-state index in [1.165, 1.54) is 0 Å². The molecule has 0 saturated heterocycles. The minimum absolute atomic E-state index is 0.296. The lowest BCUT2D eigenvalue weighted by Crippen LogP contribution is -2.55. The molecule has 0 bridgehead atoms. The number of carbonyl (C=O) groups excluding carboxylic acids is 1. The van der Waals surface area contributed by atoms with Crippen molar-refractivity contribution >= 4 is 12.0 Å². The van der Waals surface area contributed by atoms with Crippen LogP contribution in [0.25, 0.3) is 0 Å². The molecule has 0 aliphatic heterocycles. The molecule has 1 rings (SSSR count). The molecule has 1 fully saturated rings. The molecule has 0 aromatic rings. The van der Waals surface area contributed by atoms with E-state index in [-0.39, 0.29) is 6.03 Å². The molecule has 0 heterocycles. The van der Waals surface area contributed by atoms with Crippen LogP contribution in [0.4, 0.5) is 4.79 Å². The molecular weight excluding hydrogens is 234 g/mol. The fraction of sp³-hybridized carbons (Fsp3) is 0.833. The van der Waals surface area contributed by atoms with Gasteiger partial charge in [-0.3, -0.25) is 0 Å². The highest BCUT2D eigenvalue weighted by Crippen LogP contribution is 2.30. The van der Waals surface area contributed by atoms with Gasteiger partial charge in [-0.2, -0.15) is 0 Å². The summed E-state index contributed by atoms with van der Waals surface area (Å²) >= 11 is 0. The van der Waals surface area contributed by atoms with Gasteiger partial charge in [0.25, 0.3) is 0 Å². The van der Waals surface area contributed by atoms with Gasteiger partial charge in [-0.1, -0.05) is 12.8 Å². The number of nitrogens with one attached hydrogen (secondary N) is 2. The maximum absolute atomic E-state index is 11.9. The maximum Gasteiger partial charge on any atom is 0.329 e. The van der Waals surface area contributed by atoms with E-state index in [4.69, 9.17) is 0 Å². The molecule has 1 aliphatic carbocycles. The number of carbonyl (C=O) groups is 2. The first-order chi connectivity index (χ1) is 8.52. The highest BCUT2D eigenvalue weighted by atomic mass is 16.4. The number of hydrogen-bond donors (Lipinski definition) is 3. The van der Waals surface area contributed by atoms with E-state index in [1.54, 1.807) is 11.9 Å². The summed E-state index contributed by atoms with van der Waals surface area (Å²) < 4.78 is 0. The number of carboxylic acid groups (broad SMARTS) is 1. The average Bonchev–Trinajstić information content (AvgIpc) is 2.79. The van der Waals surface area contributed by atoms with Crippen molar-refractivity contribution in [3.63, 3.8) is 0 Å². The van der Waals surface area contributed by atoms with Gasteiger partial charge < -0.3 is 20.6 Å². The second kappa shape index (κ2) is 6.58. The van der Waals surface area contributed by atoms with Crippen molar-refractivity contribution in [1.29, 1.82) is 0 Å². The van der Waals surface area contributed by atoms with Gasteiger partial charge in [0.2, 0.25) is 0 Å². The van der Waals surface area contributed by atoms with E-state index in [0.717, 1.165) is 25.8 Å². The van der Waals surface area contributed by atoms with Crippen LogP contribution >= 0.6 is 0 Å². The van der Waals surface area contributed by atoms with Gasteiger partial charge in [0.15, 0.2) is 0 Å². The minimum Gasteiger partial charge on any atom is -0.480 e. The summed E-state index contributed by atoms with van der Waals surface area (Å²) in [6.45, 7) is 1.45. The predicted octanol–water partition coefficient (Wildman–Crippen LogP) is 0.635. The summed E-state index contributed by atoms with van der Waals surface area (Å²) in [4.78, 5) is 24.8. The first-order valence-corrected chi connectivity index (χ1v) is 6.43. The Balaban J connectivity index is 2.49. The van der Waals surface area contributed by atoms with E-state index in [0.29, 0.717) is 19.4 Å². The number of urea groups is 1. The molecule has 6 nitrogen and oxygen atoms in total. The second-order valence-electron chi connectivity index (χ2n) is 4.90. The molecule has 6 heteroatoms. The molecule has 1 aliphatic rings. The zero-order chi connectivity index (χ0) is 13.6. The quantitative estimate of drug-likeness (QED) is 0.610. The fourth-order valence-corrected chi connectivity index (χ4v) is 2.27. The lowest BCUT2D eigenvalue weighted by Gasteiger charge is -2.28. The van der Waals surface area contributed by atoms with Crippen molar-refractivity contribution in [1.82, 2.24) is 15.5 Å². The number of aliphatic carboxylic acids is 1. The molecule has 18 heavy (non-hydrogen) atoms. The summed E-state index contributed by atoms with van der Waals surface area (Å²) in [6, 6.07) is -0.296. The third-order valence-corrected chi connectivity index (χ3v) is 3.48. The number of amides is 2. The lowest BCUT2D eigenvalue weighted by atomic mass is 9.98. The Hall–Kier alpha value is -1.30. The van der Waals surface area contributed by atoms with Gasteiger partial charge in [-0.15, -0.1) is 0 Å². The number of rotatable bonds is 6. The topological polar surface area (TPSA) is 81.7 Å². The van der Waals surface area contributed by atoms with Crippen LogP contribution in [0.2, 0.25) is 0 Å². The van der Waals surface area contributed by atoms with Crippen molar-refractivity contribution in [2.24, 2.45) is 0 Å². The summed E-state index contributed by atoms with van der Waals surface area (Å²) in [7, 11) is 3.55. The van der Waals surface area contributed by atoms with Gasteiger partial charge in [0, 0.05) is 13.6 Å². The van der Waals surface area contributed by atoms with E-state index in [2.05, 4.69) is 10.6 Å². The first-order valence-electron chi connectivity index (χ1n) is 6.43. The highest BCUT2D eigenvalue weighted by molar-refractivity contribution is 5.86. The molecule has 0 spiro atoms.